The first kappa shape index (κ1) is 15.5. The molecular formula is C13H18ClN3O2. The number of hydrogen-bond donors (Lipinski definition) is 3. The molecule has 0 aromatic heterocycles. The number of amides is 2. The van der Waals surface area contributed by atoms with E-state index >= 15 is 0 Å². The summed E-state index contributed by atoms with van der Waals surface area (Å²) in [7, 11) is 0. The van der Waals surface area contributed by atoms with Crippen molar-refractivity contribution in [3.8, 4) is 0 Å². The summed E-state index contributed by atoms with van der Waals surface area (Å²) >= 11 is 6.05. The monoisotopic (exact) mass is 283 g/mol. The van der Waals surface area contributed by atoms with Gasteiger partial charge in [0, 0.05) is 11.1 Å². The molecule has 0 saturated carbocycles. The van der Waals surface area contributed by atoms with Crippen LogP contribution in [-0.4, -0.2) is 18.4 Å². The van der Waals surface area contributed by atoms with Gasteiger partial charge >= 0.3 is 0 Å². The fourth-order valence-corrected chi connectivity index (χ4v) is 1.44. The molecule has 6 heteroatoms. The normalized spacial score (nSPS) is 11.0. The maximum Gasteiger partial charge on any atom is 0.238 e. The summed E-state index contributed by atoms with van der Waals surface area (Å²) in [6.07, 6.45) is 0. The zero-order chi connectivity index (χ0) is 14.6. The number of carbonyl (C=O) groups excluding carboxylic acids is 2. The van der Waals surface area contributed by atoms with Gasteiger partial charge in [-0.2, -0.15) is 0 Å². The number of anilines is 2. The van der Waals surface area contributed by atoms with Crippen LogP contribution in [0.15, 0.2) is 18.2 Å². The third kappa shape index (κ3) is 4.54. The first-order chi connectivity index (χ1) is 8.74. The van der Waals surface area contributed by atoms with Crippen molar-refractivity contribution in [1.29, 1.82) is 0 Å². The van der Waals surface area contributed by atoms with E-state index in [0.29, 0.717) is 16.4 Å². The Hall–Kier alpha value is -1.59. The predicted molar refractivity (Wildman–Crippen MR) is 77.2 cm³/mol. The molecule has 0 fully saturated rings. The Morgan fingerprint density at radius 3 is 2.37 bits per heavy atom. The Labute approximate surface area is 117 Å². The van der Waals surface area contributed by atoms with Crippen LogP contribution in [0.5, 0.6) is 0 Å². The lowest BCUT2D eigenvalue weighted by Gasteiger charge is -2.18. The second-order valence-corrected chi connectivity index (χ2v) is 5.56. The first-order valence-corrected chi connectivity index (χ1v) is 6.23. The Morgan fingerprint density at radius 2 is 1.89 bits per heavy atom. The fourth-order valence-electron chi connectivity index (χ4n) is 1.22. The molecule has 0 bridgehead atoms. The number of rotatable bonds is 3. The van der Waals surface area contributed by atoms with Crippen molar-refractivity contribution in [2.45, 2.75) is 20.8 Å². The molecule has 0 unspecified atom stereocenters. The molecule has 1 rings (SSSR count). The molecule has 0 aliphatic rings. The van der Waals surface area contributed by atoms with Gasteiger partial charge in [0.1, 0.15) is 0 Å². The van der Waals surface area contributed by atoms with E-state index in [-0.39, 0.29) is 18.4 Å². The Morgan fingerprint density at radius 1 is 1.26 bits per heavy atom. The maximum atomic E-state index is 11.8. The smallest absolute Gasteiger partial charge is 0.238 e. The van der Waals surface area contributed by atoms with Gasteiger partial charge in [-0.3, -0.25) is 9.59 Å². The second-order valence-electron chi connectivity index (χ2n) is 5.15. The Balaban J connectivity index is 2.83. The minimum Gasteiger partial charge on any atom is -0.325 e. The third-order valence-corrected chi connectivity index (χ3v) is 2.68. The van der Waals surface area contributed by atoms with E-state index in [2.05, 4.69) is 10.6 Å². The van der Waals surface area contributed by atoms with Gasteiger partial charge in [-0.15, -0.1) is 0 Å². The van der Waals surface area contributed by atoms with Gasteiger partial charge in [0.05, 0.1) is 17.3 Å². The lowest BCUT2D eigenvalue weighted by Crippen LogP contribution is -2.27. The van der Waals surface area contributed by atoms with Crippen LogP contribution < -0.4 is 16.4 Å². The van der Waals surface area contributed by atoms with Gasteiger partial charge in [0.25, 0.3) is 0 Å². The minimum atomic E-state index is -0.504. The van der Waals surface area contributed by atoms with Crippen LogP contribution in [0.1, 0.15) is 20.8 Å². The van der Waals surface area contributed by atoms with Crippen LogP contribution in [0.2, 0.25) is 5.02 Å². The quantitative estimate of drug-likeness (QED) is 0.795. The first-order valence-electron chi connectivity index (χ1n) is 5.85. The summed E-state index contributed by atoms with van der Waals surface area (Å²) in [5.74, 6) is -0.435. The summed E-state index contributed by atoms with van der Waals surface area (Å²) in [6.45, 7) is 5.34. The van der Waals surface area contributed by atoms with E-state index in [4.69, 9.17) is 17.3 Å². The third-order valence-electron chi connectivity index (χ3n) is 2.37. The summed E-state index contributed by atoms with van der Waals surface area (Å²) in [4.78, 5) is 23.0. The SMILES string of the molecule is CC(C)(C)C(=O)Nc1ccc(NC(=O)CN)cc1Cl. The van der Waals surface area contributed by atoms with Crippen molar-refractivity contribution < 1.29 is 9.59 Å². The summed E-state index contributed by atoms with van der Waals surface area (Å²) in [5, 5.41) is 5.67. The molecule has 0 saturated heterocycles. The highest BCUT2D eigenvalue weighted by atomic mass is 35.5. The van der Waals surface area contributed by atoms with E-state index in [0.717, 1.165) is 0 Å². The topological polar surface area (TPSA) is 84.2 Å². The van der Waals surface area contributed by atoms with Crippen LogP contribution in [0, 0.1) is 5.41 Å². The van der Waals surface area contributed by atoms with E-state index in [1.54, 1.807) is 18.2 Å². The molecule has 0 radical (unpaired) electrons. The molecule has 5 nitrogen and oxygen atoms in total. The number of carbonyl (C=O) groups is 2. The molecule has 104 valence electrons. The number of halogens is 1. The van der Waals surface area contributed by atoms with Gasteiger partial charge < -0.3 is 16.4 Å². The number of nitrogens with two attached hydrogens (primary N) is 1. The van der Waals surface area contributed by atoms with Crippen molar-refractivity contribution in [1.82, 2.24) is 0 Å². The van der Waals surface area contributed by atoms with Gasteiger partial charge in [-0.1, -0.05) is 32.4 Å². The standard InChI is InChI=1S/C13H18ClN3O2/c1-13(2,3)12(19)17-10-5-4-8(6-9(10)14)16-11(18)7-15/h4-6H,7,15H2,1-3H3,(H,16,18)(H,17,19). The highest BCUT2D eigenvalue weighted by molar-refractivity contribution is 6.34. The molecule has 0 aliphatic carbocycles. The van der Waals surface area contributed by atoms with E-state index in [1.807, 2.05) is 20.8 Å². The number of benzene rings is 1. The van der Waals surface area contributed by atoms with Crippen LogP contribution >= 0.6 is 11.6 Å². The average Bonchev–Trinajstić information content (AvgIpc) is 2.31. The summed E-state index contributed by atoms with van der Waals surface area (Å²) < 4.78 is 0. The molecule has 2 amide bonds. The van der Waals surface area contributed by atoms with Crippen molar-refractivity contribution in [3.05, 3.63) is 23.2 Å². The molecular weight excluding hydrogens is 266 g/mol. The van der Waals surface area contributed by atoms with Gasteiger partial charge in [0.2, 0.25) is 11.8 Å². The summed E-state index contributed by atoms with van der Waals surface area (Å²) in [6, 6.07) is 4.85. The van der Waals surface area contributed by atoms with Gasteiger partial charge in [-0.05, 0) is 18.2 Å². The van der Waals surface area contributed by atoms with Crippen molar-refractivity contribution >= 4 is 34.8 Å². The van der Waals surface area contributed by atoms with E-state index in [1.165, 1.54) is 0 Å². The average molecular weight is 284 g/mol. The zero-order valence-corrected chi connectivity index (χ0v) is 12.0. The minimum absolute atomic E-state index is 0.0971. The lowest BCUT2D eigenvalue weighted by molar-refractivity contribution is -0.123. The summed E-state index contributed by atoms with van der Waals surface area (Å²) in [5.41, 5.74) is 5.74. The number of hydrogen-bond acceptors (Lipinski definition) is 3. The predicted octanol–water partition coefficient (Wildman–Crippen LogP) is 2.22. The molecule has 19 heavy (non-hydrogen) atoms. The molecule has 0 atom stereocenters. The van der Waals surface area contributed by atoms with Crippen LogP contribution in [0.25, 0.3) is 0 Å². The lowest BCUT2D eigenvalue weighted by atomic mass is 9.95. The Kier molecular flexibility index (Phi) is 4.91. The van der Waals surface area contributed by atoms with Crippen LogP contribution in [-0.2, 0) is 9.59 Å². The van der Waals surface area contributed by atoms with E-state index < -0.39 is 5.41 Å². The largest absolute Gasteiger partial charge is 0.325 e. The highest BCUT2D eigenvalue weighted by Crippen LogP contribution is 2.27. The van der Waals surface area contributed by atoms with Crippen LogP contribution in [0.4, 0.5) is 11.4 Å². The van der Waals surface area contributed by atoms with Gasteiger partial charge in [0.15, 0.2) is 0 Å². The number of nitrogens with one attached hydrogen (secondary N) is 2. The van der Waals surface area contributed by atoms with Crippen molar-refractivity contribution in [2.75, 3.05) is 17.2 Å². The van der Waals surface area contributed by atoms with Crippen LogP contribution in [0.3, 0.4) is 0 Å². The molecule has 1 aromatic carbocycles. The molecule has 0 heterocycles. The zero-order valence-electron chi connectivity index (χ0n) is 11.2. The molecule has 0 spiro atoms. The maximum absolute atomic E-state index is 11.8. The molecule has 0 aliphatic heterocycles. The molecule has 4 N–H and O–H groups in total. The van der Waals surface area contributed by atoms with Crippen molar-refractivity contribution in [3.63, 3.8) is 0 Å². The Bertz CT molecular complexity index is 495. The van der Waals surface area contributed by atoms with E-state index in [9.17, 15) is 9.59 Å². The van der Waals surface area contributed by atoms with Crippen molar-refractivity contribution in [2.24, 2.45) is 11.1 Å². The second kappa shape index (κ2) is 6.04. The highest BCUT2D eigenvalue weighted by Gasteiger charge is 2.21. The fraction of sp³-hybridized carbons (Fsp3) is 0.385. The van der Waals surface area contributed by atoms with Gasteiger partial charge in [-0.25, -0.2) is 0 Å². The molecule has 1 aromatic rings.